The Labute approximate surface area is 438 Å². The zero-order valence-electron chi connectivity index (χ0n) is 48.3. The van der Waals surface area contributed by atoms with E-state index in [0.29, 0.717) is 51.4 Å². The molecule has 1 aliphatic rings. The van der Waals surface area contributed by atoms with Gasteiger partial charge < -0.3 is 33.2 Å². The Morgan fingerprint density at radius 1 is 0.548 bits per heavy atom. The van der Waals surface area contributed by atoms with Gasteiger partial charge in [0, 0.05) is 12.8 Å². The number of Topliss-reactive ketones (excluding diaryl/α,β-unsaturated/α-hetero) is 6. The fourth-order valence-corrected chi connectivity index (χ4v) is 9.35. The summed E-state index contributed by atoms with van der Waals surface area (Å²) in [6.45, 7) is 32.7. The van der Waals surface area contributed by atoms with Crippen LogP contribution in [0.25, 0.3) is 0 Å². The first-order valence-electron chi connectivity index (χ1n) is 26.5. The molecule has 73 heavy (non-hydrogen) atoms. The number of hydrogen-bond donors (Lipinski definition) is 0. The van der Waals surface area contributed by atoms with Crippen molar-refractivity contribution in [2.24, 2.45) is 11.8 Å². The predicted octanol–water partition coefficient (Wildman–Crippen LogP) is 10.6. The number of carbonyl (C=O) groups is 7. The molecule has 0 aromatic heterocycles. The van der Waals surface area contributed by atoms with E-state index in [2.05, 4.69) is 6.08 Å². The van der Waals surface area contributed by atoms with Gasteiger partial charge in [-0.2, -0.15) is 0 Å². The molecule has 0 radical (unpaired) electrons. The summed E-state index contributed by atoms with van der Waals surface area (Å²) in [4.78, 5) is 92.4. The minimum absolute atomic E-state index is 0.207. The van der Waals surface area contributed by atoms with Gasteiger partial charge in [0.1, 0.15) is 51.9 Å². The zero-order chi connectivity index (χ0) is 56.1. The molecular weight excluding hydrogens is 933 g/mol. The first-order valence-corrected chi connectivity index (χ1v) is 26.5. The Hall–Kier alpha value is -3.79. The molecule has 1 saturated carbocycles. The van der Waals surface area contributed by atoms with Gasteiger partial charge in [-0.1, -0.05) is 42.5 Å². The number of esters is 1. The van der Waals surface area contributed by atoms with Crippen LogP contribution in [0.1, 0.15) is 195 Å². The molecule has 0 aliphatic heterocycles. The maximum atomic E-state index is 14.3. The summed E-state index contributed by atoms with van der Waals surface area (Å²) < 4.78 is 44.2. The SMILES string of the molecule is CC(=O)C(C)(C)O[C@@H](C)C(=O)C(C)(C)OC(CCc1ccccc1)CCC1C(OC(C)(C)C(=O)[C@H](C)OC(C)(C)C(C)=O)CC(OC(C)(C)C(=O)[C@H](C)OC(C)(C)C(C)=O)C1C/C=C\CCCC(=O)OC(C)C. The van der Waals surface area contributed by atoms with Crippen molar-refractivity contribution in [3.8, 4) is 0 Å². The largest absolute Gasteiger partial charge is 0.463 e. The molecule has 0 amide bonds. The fourth-order valence-electron chi connectivity index (χ4n) is 9.35. The Morgan fingerprint density at radius 3 is 1.40 bits per heavy atom. The smallest absolute Gasteiger partial charge is 0.306 e. The summed E-state index contributed by atoms with van der Waals surface area (Å²) in [6.07, 6.45) is 3.67. The second kappa shape index (κ2) is 27.3. The van der Waals surface area contributed by atoms with E-state index < -0.39 is 70.2 Å². The van der Waals surface area contributed by atoms with Gasteiger partial charge in [0.2, 0.25) is 0 Å². The molecule has 414 valence electrons. The molecule has 0 N–H and O–H groups in total. The monoisotopic (exact) mass is 1030 g/mol. The van der Waals surface area contributed by atoms with Crippen LogP contribution in [-0.2, 0) is 73.1 Å². The Bertz CT molecular complexity index is 2040. The fraction of sp³-hybridized carbons (Fsp3) is 0.746. The van der Waals surface area contributed by atoms with Crippen LogP contribution in [-0.4, -0.2) is 117 Å². The Balaban J connectivity index is 2.75. The second-order valence-electron chi connectivity index (χ2n) is 23.5. The quantitative estimate of drug-likeness (QED) is 0.0361. The van der Waals surface area contributed by atoms with E-state index >= 15 is 0 Å². The summed E-state index contributed by atoms with van der Waals surface area (Å²) in [5, 5.41) is 0. The van der Waals surface area contributed by atoms with Crippen LogP contribution < -0.4 is 0 Å². The van der Waals surface area contributed by atoms with Gasteiger partial charge in [-0.25, -0.2) is 0 Å². The highest BCUT2D eigenvalue weighted by atomic mass is 16.6. The third kappa shape index (κ3) is 20.4. The average molecular weight is 1030 g/mol. The number of hydrogen-bond acceptors (Lipinski definition) is 14. The summed E-state index contributed by atoms with van der Waals surface area (Å²) >= 11 is 0. The van der Waals surface area contributed by atoms with E-state index in [0.717, 1.165) is 5.56 Å². The van der Waals surface area contributed by atoms with Gasteiger partial charge in [0.15, 0.2) is 34.7 Å². The minimum Gasteiger partial charge on any atom is -0.463 e. The lowest BCUT2D eigenvalue weighted by Gasteiger charge is -2.37. The van der Waals surface area contributed by atoms with E-state index in [9.17, 15) is 33.6 Å². The minimum atomic E-state index is -1.41. The third-order valence-electron chi connectivity index (χ3n) is 14.3. The van der Waals surface area contributed by atoms with Crippen molar-refractivity contribution in [1.82, 2.24) is 0 Å². The normalized spacial score (nSPS) is 19.9. The van der Waals surface area contributed by atoms with Crippen molar-refractivity contribution in [1.29, 1.82) is 0 Å². The lowest BCUT2D eigenvalue weighted by molar-refractivity contribution is -0.174. The lowest BCUT2D eigenvalue weighted by atomic mass is 9.84. The van der Waals surface area contributed by atoms with E-state index in [-0.39, 0.29) is 65.0 Å². The highest BCUT2D eigenvalue weighted by Crippen LogP contribution is 2.45. The predicted molar refractivity (Wildman–Crippen MR) is 282 cm³/mol. The molecule has 1 aromatic carbocycles. The first-order chi connectivity index (χ1) is 33.4. The van der Waals surface area contributed by atoms with E-state index in [1.165, 1.54) is 20.8 Å². The van der Waals surface area contributed by atoms with Crippen LogP contribution in [0.5, 0.6) is 0 Å². The second-order valence-corrected chi connectivity index (χ2v) is 23.5. The van der Waals surface area contributed by atoms with Gasteiger partial charge >= 0.3 is 5.97 Å². The molecule has 5 unspecified atom stereocenters. The maximum absolute atomic E-state index is 14.3. The number of ketones is 6. The molecular formula is C59H94O14. The number of benzene rings is 1. The van der Waals surface area contributed by atoms with Crippen molar-refractivity contribution >= 4 is 40.7 Å². The van der Waals surface area contributed by atoms with Crippen molar-refractivity contribution in [2.75, 3.05) is 0 Å². The van der Waals surface area contributed by atoms with E-state index in [1.54, 1.807) is 104 Å². The van der Waals surface area contributed by atoms with Crippen LogP contribution >= 0.6 is 0 Å². The summed E-state index contributed by atoms with van der Waals surface area (Å²) in [5.74, 6) is -2.55. The summed E-state index contributed by atoms with van der Waals surface area (Å²) in [5.41, 5.74) is -6.67. The highest BCUT2D eigenvalue weighted by Gasteiger charge is 2.51. The van der Waals surface area contributed by atoms with Crippen LogP contribution in [0.4, 0.5) is 0 Å². The van der Waals surface area contributed by atoms with Crippen LogP contribution in [0.2, 0.25) is 0 Å². The summed E-state index contributed by atoms with van der Waals surface area (Å²) in [7, 11) is 0. The van der Waals surface area contributed by atoms with E-state index in [1.807, 2.05) is 50.3 Å². The summed E-state index contributed by atoms with van der Waals surface area (Å²) in [6, 6.07) is 10.00. The average Bonchev–Trinajstić information content (AvgIpc) is 3.56. The molecule has 14 heteroatoms. The molecule has 0 bridgehead atoms. The number of ether oxygens (including phenoxy) is 7. The van der Waals surface area contributed by atoms with Crippen LogP contribution in [0.3, 0.4) is 0 Å². The van der Waals surface area contributed by atoms with Gasteiger partial charge in [-0.15, -0.1) is 0 Å². The van der Waals surface area contributed by atoms with Crippen LogP contribution in [0.15, 0.2) is 42.5 Å². The van der Waals surface area contributed by atoms with Gasteiger partial charge in [0.25, 0.3) is 0 Å². The number of unbranched alkanes of at least 4 members (excludes halogenated alkanes) is 1. The molecule has 0 heterocycles. The molecule has 0 spiro atoms. The highest BCUT2D eigenvalue weighted by molar-refractivity contribution is 5.92. The van der Waals surface area contributed by atoms with Crippen molar-refractivity contribution in [3.05, 3.63) is 48.0 Å². The number of allylic oxidation sites excluding steroid dienone is 2. The molecule has 14 nitrogen and oxygen atoms in total. The van der Waals surface area contributed by atoms with Gasteiger partial charge in [-0.05, 0) is 201 Å². The third-order valence-corrected chi connectivity index (χ3v) is 14.3. The Kier molecular flexibility index (Phi) is 24.4. The zero-order valence-corrected chi connectivity index (χ0v) is 48.3. The first kappa shape index (κ1) is 65.3. The van der Waals surface area contributed by atoms with E-state index in [4.69, 9.17) is 33.2 Å². The van der Waals surface area contributed by atoms with Crippen LogP contribution in [0, 0.1) is 11.8 Å². The lowest BCUT2D eigenvalue weighted by Crippen LogP contribution is -2.49. The maximum Gasteiger partial charge on any atom is 0.306 e. The van der Waals surface area contributed by atoms with Crippen molar-refractivity contribution in [2.45, 2.75) is 273 Å². The number of aryl methyl sites for hydroxylation is 1. The molecule has 2 rings (SSSR count). The van der Waals surface area contributed by atoms with Gasteiger partial charge in [0.05, 0.1) is 24.4 Å². The van der Waals surface area contributed by atoms with Crippen molar-refractivity contribution < 1.29 is 66.7 Å². The Morgan fingerprint density at radius 2 is 0.973 bits per heavy atom. The molecule has 1 aromatic rings. The molecule has 1 aliphatic carbocycles. The van der Waals surface area contributed by atoms with Crippen molar-refractivity contribution in [3.63, 3.8) is 0 Å². The molecule has 0 saturated heterocycles. The standard InChI is InChI=1S/C59H94O14/c1-37(2)67-50(63)31-27-22-21-26-30-46-47(35-34-45(33-32-44-28-24-23-25-29-44)71-57(15,16)51(64)38(3)68-54(9,10)41(6)60)49(73-59(19,20)53(66)40(5)70-56(13,14)43(8)62)36-48(46)72-58(17,18)52(65)39(4)69-55(11,12)42(7)61/h21,23-26,28-29,37-40,45-49H,22,27,30-36H2,1-20H3/b26-21-/t38-,39-,40-,45?,46?,47?,48?,49?/m0/s1. The molecule has 1 fully saturated rings. The molecule has 8 atom stereocenters. The number of rotatable bonds is 34. The van der Waals surface area contributed by atoms with Gasteiger partial charge in [-0.3, -0.25) is 33.6 Å². The number of carbonyl (C=O) groups excluding carboxylic acids is 7. The topological polar surface area (TPSA) is 184 Å².